The standard InChI is InChI=1S/C23H23NO5/c1-3-26-19-6-4-5-17-14-20(29-23(17)19)15(2)24-22(25)10-8-16-7-9-18-21(13-16)28-12-11-27-18/h4-10,13-15H,3,11-12H2,1-2H3,(H,24,25)/b10-8+. The Morgan fingerprint density at radius 1 is 1.17 bits per heavy atom. The van der Waals surface area contributed by atoms with Crippen molar-refractivity contribution >= 4 is 23.0 Å². The minimum absolute atomic E-state index is 0.210. The molecule has 0 radical (unpaired) electrons. The SMILES string of the molecule is CCOc1cccc2cc(C(C)NC(=O)/C=C/c3ccc4c(c3)OCCO4)oc12. The Labute approximate surface area is 169 Å². The minimum atomic E-state index is -0.283. The number of hydrogen-bond donors (Lipinski definition) is 1. The number of ether oxygens (including phenoxy) is 3. The molecule has 0 bridgehead atoms. The van der Waals surface area contributed by atoms with Crippen molar-refractivity contribution in [2.75, 3.05) is 19.8 Å². The molecule has 1 N–H and O–H groups in total. The monoisotopic (exact) mass is 393 g/mol. The topological polar surface area (TPSA) is 69.9 Å². The molecule has 3 aromatic rings. The second-order valence-electron chi connectivity index (χ2n) is 6.72. The van der Waals surface area contributed by atoms with E-state index >= 15 is 0 Å². The van der Waals surface area contributed by atoms with Crippen molar-refractivity contribution in [2.45, 2.75) is 19.9 Å². The van der Waals surface area contributed by atoms with Gasteiger partial charge >= 0.3 is 0 Å². The van der Waals surface area contributed by atoms with E-state index in [2.05, 4.69) is 5.32 Å². The summed E-state index contributed by atoms with van der Waals surface area (Å²) in [4.78, 5) is 12.4. The second kappa shape index (κ2) is 8.31. The molecule has 1 aromatic heterocycles. The summed E-state index contributed by atoms with van der Waals surface area (Å²) in [5.41, 5.74) is 1.56. The first-order chi connectivity index (χ1) is 14.1. The number of nitrogens with one attached hydrogen (secondary N) is 1. The molecule has 0 fully saturated rings. The van der Waals surface area contributed by atoms with Crippen LogP contribution in [-0.2, 0) is 4.79 Å². The summed E-state index contributed by atoms with van der Waals surface area (Å²) in [6.45, 7) is 5.45. The second-order valence-corrected chi connectivity index (χ2v) is 6.72. The molecule has 29 heavy (non-hydrogen) atoms. The maximum atomic E-state index is 12.4. The van der Waals surface area contributed by atoms with Gasteiger partial charge in [0.25, 0.3) is 0 Å². The lowest BCUT2D eigenvalue weighted by Gasteiger charge is -2.18. The van der Waals surface area contributed by atoms with Crippen LogP contribution in [0, 0.1) is 0 Å². The van der Waals surface area contributed by atoms with E-state index in [-0.39, 0.29) is 11.9 Å². The molecule has 1 atom stereocenters. The predicted molar refractivity (Wildman–Crippen MR) is 110 cm³/mol. The highest BCUT2D eigenvalue weighted by Gasteiger charge is 2.16. The summed E-state index contributed by atoms with van der Waals surface area (Å²) in [7, 11) is 0. The van der Waals surface area contributed by atoms with Crippen LogP contribution in [0.3, 0.4) is 0 Å². The van der Waals surface area contributed by atoms with Gasteiger partial charge in [-0.2, -0.15) is 0 Å². The number of hydrogen-bond acceptors (Lipinski definition) is 5. The Balaban J connectivity index is 1.43. The van der Waals surface area contributed by atoms with E-state index in [0.29, 0.717) is 42.7 Å². The molecule has 6 heteroatoms. The lowest BCUT2D eigenvalue weighted by Crippen LogP contribution is -2.24. The Kier molecular flexibility index (Phi) is 5.42. The highest BCUT2D eigenvalue weighted by Crippen LogP contribution is 2.32. The van der Waals surface area contributed by atoms with Crippen molar-refractivity contribution in [1.29, 1.82) is 0 Å². The molecule has 0 spiro atoms. The van der Waals surface area contributed by atoms with E-state index in [1.807, 2.05) is 56.3 Å². The first-order valence-electron chi connectivity index (χ1n) is 9.67. The summed E-state index contributed by atoms with van der Waals surface area (Å²) in [6, 6.07) is 13.0. The molecular formula is C23H23NO5. The first-order valence-corrected chi connectivity index (χ1v) is 9.67. The minimum Gasteiger partial charge on any atom is -0.490 e. The normalized spacial score (nSPS) is 14.1. The first kappa shape index (κ1) is 18.9. The van der Waals surface area contributed by atoms with E-state index in [0.717, 1.165) is 16.7 Å². The molecular weight excluding hydrogens is 370 g/mol. The van der Waals surface area contributed by atoms with Crippen LogP contribution < -0.4 is 19.5 Å². The van der Waals surface area contributed by atoms with E-state index in [4.69, 9.17) is 18.6 Å². The van der Waals surface area contributed by atoms with E-state index in [9.17, 15) is 4.79 Å². The number of amides is 1. The molecule has 2 aromatic carbocycles. The molecule has 0 saturated heterocycles. The maximum absolute atomic E-state index is 12.4. The molecule has 2 heterocycles. The number of rotatable bonds is 6. The average Bonchev–Trinajstić information content (AvgIpc) is 3.18. The summed E-state index contributed by atoms with van der Waals surface area (Å²) in [5.74, 6) is 2.58. The van der Waals surface area contributed by atoms with Gasteiger partial charge in [0.1, 0.15) is 19.0 Å². The molecule has 1 unspecified atom stereocenters. The van der Waals surface area contributed by atoms with Gasteiger partial charge < -0.3 is 23.9 Å². The molecule has 1 aliphatic heterocycles. The summed E-state index contributed by atoms with van der Waals surface area (Å²) in [6.07, 6.45) is 3.24. The van der Waals surface area contributed by atoms with Crippen molar-refractivity contribution in [3.63, 3.8) is 0 Å². The van der Waals surface area contributed by atoms with Crippen molar-refractivity contribution in [1.82, 2.24) is 5.32 Å². The number of carbonyl (C=O) groups is 1. The van der Waals surface area contributed by atoms with Gasteiger partial charge in [-0.1, -0.05) is 18.2 Å². The van der Waals surface area contributed by atoms with Crippen LogP contribution in [0.25, 0.3) is 17.0 Å². The zero-order valence-electron chi connectivity index (χ0n) is 16.4. The molecule has 150 valence electrons. The quantitative estimate of drug-likeness (QED) is 0.625. The summed E-state index contributed by atoms with van der Waals surface area (Å²) < 4.78 is 22.6. The Bertz CT molecular complexity index is 1050. The van der Waals surface area contributed by atoms with Gasteiger partial charge in [-0.3, -0.25) is 4.79 Å². The van der Waals surface area contributed by atoms with Gasteiger partial charge in [-0.05, 0) is 49.8 Å². The van der Waals surface area contributed by atoms with Crippen LogP contribution in [0.5, 0.6) is 17.2 Å². The Hall–Kier alpha value is -3.41. The Morgan fingerprint density at radius 3 is 2.83 bits per heavy atom. The van der Waals surface area contributed by atoms with Gasteiger partial charge in [-0.25, -0.2) is 0 Å². The van der Waals surface area contributed by atoms with Gasteiger partial charge in [0.05, 0.1) is 12.6 Å². The largest absolute Gasteiger partial charge is 0.490 e. The lowest BCUT2D eigenvalue weighted by molar-refractivity contribution is -0.117. The molecule has 0 aliphatic carbocycles. The van der Waals surface area contributed by atoms with Crippen LogP contribution in [0.15, 0.2) is 53.0 Å². The fourth-order valence-electron chi connectivity index (χ4n) is 3.21. The third-order valence-corrected chi connectivity index (χ3v) is 4.61. The van der Waals surface area contributed by atoms with Crippen LogP contribution in [0.4, 0.5) is 0 Å². The summed E-state index contributed by atoms with van der Waals surface area (Å²) in [5, 5.41) is 3.87. The average molecular weight is 393 g/mol. The van der Waals surface area contributed by atoms with E-state index in [1.54, 1.807) is 6.08 Å². The number of furan rings is 1. The third kappa shape index (κ3) is 4.21. The number of fused-ring (bicyclic) bond motifs is 2. The van der Waals surface area contributed by atoms with Gasteiger partial charge in [-0.15, -0.1) is 0 Å². The third-order valence-electron chi connectivity index (χ3n) is 4.61. The van der Waals surface area contributed by atoms with Gasteiger partial charge in [0.15, 0.2) is 22.8 Å². The van der Waals surface area contributed by atoms with Crippen molar-refractivity contribution in [2.24, 2.45) is 0 Å². The smallest absolute Gasteiger partial charge is 0.244 e. The highest BCUT2D eigenvalue weighted by atomic mass is 16.6. The maximum Gasteiger partial charge on any atom is 0.244 e. The Morgan fingerprint density at radius 2 is 2.00 bits per heavy atom. The lowest BCUT2D eigenvalue weighted by atomic mass is 10.1. The van der Waals surface area contributed by atoms with E-state index in [1.165, 1.54) is 6.08 Å². The fourth-order valence-corrected chi connectivity index (χ4v) is 3.21. The van der Waals surface area contributed by atoms with Crippen LogP contribution in [0.1, 0.15) is 31.2 Å². The number of carbonyl (C=O) groups excluding carboxylic acids is 1. The van der Waals surface area contributed by atoms with E-state index < -0.39 is 0 Å². The predicted octanol–water partition coefficient (Wildman–Crippen LogP) is 4.49. The van der Waals surface area contributed by atoms with Crippen molar-refractivity contribution in [3.05, 3.63) is 59.9 Å². The zero-order chi connectivity index (χ0) is 20.2. The van der Waals surface area contributed by atoms with Gasteiger partial charge in [0.2, 0.25) is 5.91 Å². The molecule has 0 saturated carbocycles. The van der Waals surface area contributed by atoms with Crippen LogP contribution in [0.2, 0.25) is 0 Å². The molecule has 6 nitrogen and oxygen atoms in total. The highest BCUT2D eigenvalue weighted by molar-refractivity contribution is 5.92. The number of para-hydroxylation sites is 1. The molecule has 1 aliphatic rings. The van der Waals surface area contributed by atoms with Gasteiger partial charge in [0, 0.05) is 11.5 Å². The molecule has 1 amide bonds. The number of benzene rings is 2. The summed E-state index contributed by atoms with van der Waals surface area (Å²) >= 11 is 0. The van der Waals surface area contributed by atoms with Crippen LogP contribution in [-0.4, -0.2) is 25.7 Å². The van der Waals surface area contributed by atoms with Crippen LogP contribution >= 0.6 is 0 Å². The van der Waals surface area contributed by atoms with Crippen molar-refractivity contribution < 1.29 is 23.4 Å². The fraction of sp³-hybridized carbons (Fsp3) is 0.261. The van der Waals surface area contributed by atoms with Crippen molar-refractivity contribution in [3.8, 4) is 17.2 Å². The molecule has 4 rings (SSSR count). The zero-order valence-corrected chi connectivity index (χ0v) is 16.4.